The summed E-state index contributed by atoms with van der Waals surface area (Å²) < 4.78 is 12.1. The number of rotatable bonds is 17. The average Bonchev–Trinajstić information content (AvgIpc) is 3.11. The van der Waals surface area contributed by atoms with Gasteiger partial charge in [0, 0.05) is 6.42 Å². The van der Waals surface area contributed by atoms with E-state index in [9.17, 15) is 9.90 Å². The molecule has 27 heavy (non-hydrogen) atoms. The first-order chi connectivity index (χ1) is 13.1. The molecule has 0 aromatic carbocycles. The quantitative estimate of drug-likeness (QED) is 0.329. The Morgan fingerprint density at radius 2 is 1.85 bits per heavy atom. The number of carboxylic acids is 1. The zero-order valence-corrected chi connectivity index (χ0v) is 17.0. The fourth-order valence-electron chi connectivity index (χ4n) is 3.66. The fraction of sp³-hybridized carbons (Fsp3) is 0.952. The summed E-state index contributed by atoms with van der Waals surface area (Å²) in [6.07, 6.45) is 12.3. The Bertz CT molecular complexity index is 376. The minimum Gasteiger partial charge on any atom is -0.481 e. The van der Waals surface area contributed by atoms with Crippen LogP contribution in [0.5, 0.6) is 0 Å². The molecule has 1 rings (SSSR count). The molecule has 1 aliphatic heterocycles. The van der Waals surface area contributed by atoms with Crippen LogP contribution >= 0.6 is 0 Å². The first-order valence-electron chi connectivity index (χ1n) is 10.8. The topological polar surface area (TPSA) is 96.2 Å². The summed E-state index contributed by atoms with van der Waals surface area (Å²) in [6.45, 7) is 2.05. The minimum atomic E-state index is -0.842. The number of hydrogen-bond donors (Lipinski definition) is 3. The molecular weight excluding hydrogens is 348 g/mol. The number of unbranched alkanes of at least 4 members (excludes halogenated alkanes) is 6. The fourth-order valence-corrected chi connectivity index (χ4v) is 3.66. The summed E-state index contributed by atoms with van der Waals surface area (Å²) in [5.74, 6) is -0.724. The van der Waals surface area contributed by atoms with Crippen molar-refractivity contribution < 1.29 is 29.6 Å². The molecule has 6 nitrogen and oxygen atoms in total. The van der Waals surface area contributed by atoms with Crippen LogP contribution in [0.15, 0.2) is 0 Å². The number of ether oxygens (including phenoxy) is 2. The van der Waals surface area contributed by atoms with Gasteiger partial charge in [0.2, 0.25) is 0 Å². The number of hydrogen-bond acceptors (Lipinski definition) is 5. The van der Waals surface area contributed by atoms with Gasteiger partial charge in [-0.15, -0.1) is 0 Å². The van der Waals surface area contributed by atoms with Crippen LogP contribution in [0, 0.1) is 0 Å². The molecule has 1 heterocycles. The van der Waals surface area contributed by atoms with Gasteiger partial charge in [-0.2, -0.15) is 0 Å². The monoisotopic (exact) mass is 388 g/mol. The zero-order chi connectivity index (χ0) is 19.9. The van der Waals surface area contributed by atoms with Gasteiger partial charge in [0.25, 0.3) is 0 Å². The molecule has 160 valence electrons. The molecule has 1 saturated heterocycles. The number of carboxylic acid groups (broad SMARTS) is 1. The van der Waals surface area contributed by atoms with Gasteiger partial charge in [-0.05, 0) is 32.1 Å². The van der Waals surface area contributed by atoms with Crippen LogP contribution in [0.4, 0.5) is 0 Å². The van der Waals surface area contributed by atoms with Crippen LogP contribution in [0.25, 0.3) is 0 Å². The molecule has 0 radical (unpaired) electrons. The van der Waals surface area contributed by atoms with E-state index in [0.717, 1.165) is 57.8 Å². The highest BCUT2D eigenvalue weighted by molar-refractivity contribution is 5.66. The third-order valence-corrected chi connectivity index (χ3v) is 5.28. The van der Waals surface area contributed by atoms with Crippen LogP contribution in [0.1, 0.15) is 90.4 Å². The van der Waals surface area contributed by atoms with E-state index in [1.807, 2.05) is 0 Å². The van der Waals surface area contributed by atoms with E-state index >= 15 is 0 Å². The number of carbonyl (C=O) groups is 1. The Kier molecular flexibility index (Phi) is 13.8. The third kappa shape index (κ3) is 11.7. The molecule has 0 aromatic heterocycles. The molecule has 0 saturated carbocycles. The van der Waals surface area contributed by atoms with Crippen molar-refractivity contribution in [3.63, 3.8) is 0 Å². The highest BCUT2D eigenvalue weighted by Gasteiger charge is 2.32. The maximum atomic E-state index is 10.5. The van der Waals surface area contributed by atoms with Crippen LogP contribution in [0.3, 0.4) is 0 Å². The Morgan fingerprint density at radius 3 is 2.56 bits per heavy atom. The second-order valence-electron chi connectivity index (χ2n) is 7.78. The lowest BCUT2D eigenvalue weighted by atomic mass is 10.0. The lowest BCUT2D eigenvalue weighted by Gasteiger charge is -2.25. The van der Waals surface area contributed by atoms with E-state index in [1.165, 1.54) is 19.3 Å². The Hall–Kier alpha value is -0.690. The molecule has 4 unspecified atom stereocenters. The van der Waals surface area contributed by atoms with E-state index in [2.05, 4.69) is 6.92 Å². The summed E-state index contributed by atoms with van der Waals surface area (Å²) in [6, 6.07) is 0. The molecule has 0 aliphatic carbocycles. The van der Waals surface area contributed by atoms with Crippen LogP contribution < -0.4 is 0 Å². The average molecular weight is 389 g/mol. The zero-order valence-electron chi connectivity index (χ0n) is 17.0. The summed E-state index contributed by atoms with van der Waals surface area (Å²) in [5, 5.41) is 27.3. The van der Waals surface area contributed by atoms with Crippen LogP contribution in [-0.2, 0) is 14.3 Å². The van der Waals surface area contributed by atoms with Crippen molar-refractivity contribution in [2.24, 2.45) is 0 Å². The van der Waals surface area contributed by atoms with E-state index in [1.54, 1.807) is 0 Å². The Balaban J connectivity index is 2.31. The van der Waals surface area contributed by atoms with Gasteiger partial charge in [0.1, 0.15) is 6.10 Å². The molecule has 0 spiro atoms. The van der Waals surface area contributed by atoms with E-state index in [-0.39, 0.29) is 31.8 Å². The van der Waals surface area contributed by atoms with Gasteiger partial charge < -0.3 is 24.8 Å². The molecule has 0 bridgehead atoms. The molecular formula is C21H40O6. The maximum absolute atomic E-state index is 10.5. The predicted octanol–water partition coefficient (Wildman–Crippen LogP) is 3.67. The molecule has 4 atom stereocenters. The molecule has 6 heteroatoms. The van der Waals surface area contributed by atoms with Crippen LogP contribution in [-0.4, -0.2) is 58.9 Å². The second kappa shape index (κ2) is 15.3. The van der Waals surface area contributed by atoms with Crippen molar-refractivity contribution in [3.8, 4) is 0 Å². The van der Waals surface area contributed by atoms with Gasteiger partial charge in [0.05, 0.1) is 31.5 Å². The number of aliphatic carboxylic acids is 1. The first-order valence-corrected chi connectivity index (χ1v) is 10.8. The summed E-state index contributed by atoms with van der Waals surface area (Å²) in [7, 11) is 0. The largest absolute Gasteiger partial charge is 0.481 e. The predicted molar refractivity (Wildman–Crippen MR) is 105 cm³/mol. The molecule has 1 aliphatic rings. The van der Waals surface area contributed by atoms with Gasteiger partial charge in [-0.1, -0.05) is 51.9 Å². The van der Waals surface area contributed by atoms with Crippen molar-refractivity contribution in [1.82, 2.24) is 0 Å². The standard InChI is InChI=1S/C21H40O6/c1-2-3-7-10-18-13-14-20(27-18)19(26-16-17(23)15-22)11-8-5-4-6-9-12-21(24)25/h17-20,22-23H,2-16H2,1H3,(H,24,25). The molecule has 1 fully saturated rings. The van der Waals surface area contributed by atoms with E-state index in [0.29, 0.717) is 6.10 Å². The normalized spacial score (nSPS) is 22.0. The van der Waals surface area contributed by atoms with Crippen molar-refractivity contribution in [3.05, 3.63) is 0 Å². The maximum Gasteiger partial charge on any atom is 0.303 e. The lowest BCUT2D eigenvalue weighted by molar-refractivity contribution is -0.137. The van der Waals surface area contributed by atoms with Crippen molar-refractivity contribution in [2.75, 3.05) is 13.2 Å². The SMILES string of the molecule is CCCCCC1CCC(C(CCCCCCCC(=O)O)OCC(O)CO)O1. The van der Waals surface area contributed by atoms with E-state index in [4.69, 9.17) is 19.7 Å². The smallest absolute Gasteiger partial charge is 0.303 e. The summed E-state index contributed by atoms with van der Waals surface area (Å²) in [4.78, 5) is 10.5. The first kappa shape index (κ1) is 24.3. The van der Waals surface area contributed by atoms with Crippen LogP contribution in [0.2, 0.25) is 0 Å². The molecule has 0 amide bonds. The Morgan fingerprint density at radius 1 is 1.11 bits per heavy atom. The van der Waals surface area contributed by atoms with Crippen molar-refractivity contribution >= 4 is 5.97 Å². The van der Waals surface area contributed by atoms with Crippen molar-refractivity contribution in [1.29, 1.82) is 0 Å². The number of aliphatic hydroxyl groups excluding tert-OH is 2. The van der Waals surface area contributed by atoms with Gasteiger partial charge in [-0.3, -0.25) is 4.79 Å². The number of aliphatic hydroxyl groups is 2. The van der Waals surface area contributed by atoms with Gasteiger partial charge >= 0.3 is 5.97 Å². The highest BCUT2D eigenvalue weighted by Crippen LogP contribution is 2.29. The second-order valence-corrected chi connectivity index (χ2v) is 7.78. The molecule has 0 aromatic rings. The van der Waals surface area contributed by atoms with Gasteiger partial charge in [0.15, 0.2) is 0 Å². The lowest BCUT2D eigenvalue weighted by Crippen LogP contribution is -2.33. The van der Waals surface area contributed by atoms with Crippen molar-refractivity contribution in [2.45, 2.75) is 115 Å². The van der Waals surface area contributed by atoms with E-state index < -0.39 is 12.1 Å². The highest BCUT2D eigenvalue weighted by atomic mass is 16.6. The summed E-state index contributed by atoms with van der Waals surface area (Å²) >= 11 is 0. The molecule has 3 N–H and O–H groups in total. The summed E-state index contributed by atoms with van der Waals surface area (Å²) in [5.41, 5.74) is 0. The third-order valence-electron chi connectivity index (χ3n) is 5.28. The van der Waals surface area contributed by atoms with Gasteiger partial charge in [-0.25, -0.2) is 0 Å². The minimum absolute atomic E-state index is 0.0404. The Labute approximate surface area is 164 Å².